The van der Waals surface area contributed by atoms with Gasteiger partial charge in [-0.05, 0) is 55.1 Å². The molecule has 1 fully saturated rings. The predicted octanol–water partition coefficient (Wildman–Crippen LogP) is 3.12. The van der Waals surface area contributed by atoms with Crippen LogP contribution in [0.15, 0.2) is 54.6 Å². The van der Waals surface area contributed by atoms with Crippen molar-refractivity contribution in [3.8, 4) is 5.75 Å². The van der Waals surface area contributed by atoms with Crippen molar-refractivity contribution in [3.05, 3.63) is 65.7 Å². The average molecular weight is 324 g/mol. The van der Waals surface area contributed by atoms with E-state index >= 15 is 0 Å². The highest BCUT2D eigenvalue weighted by Gasteiger charge is 2.27. The monoisotopic (exact) mass is 324 g/mol. The van der Waals surface area contributed by atoms with Gasteiger partial charge in [-0.15, -0.1) is 0 Å². The number of amides is 1. The average Bonchev–Trinajstić information content (AvgIpc) is 3.08. The third-order valence-electron chi connectivity index (χ3n) is 4.64. The largest absolute Gasteiger partial charge is 0.489 e. The smallest absolute Gasteiger partial charge is 0.251 e. The Hall–Kier alpha value is -2.33. The molecule has 4 nitrogen and oxygen atoms in total. The van der Waals surface area contributed by atoms with Gasteiger partial charge in [-0.3, -0.25) is 4.79 Å². The summed E-state index contributed by atoms with van der Waals surface area (Å²) >= 11 is 0. The van der Waals surface area contributed by atoms with Crippen LogP contribution in [0.5, 0.6) is 5.75 Å². The van der Waals surface area contributed by atoms with E-state index in [0.29, 0.717) is 24.6 Å². The summed E-state index contributed by atoms with van der Waals surface area (Å²) in [5.41, 5.74) is 7.49. The number of nitrogens with one attached hydrogen (secondary N) is 1. The Morgan fingerprint density at radius 2 is 1.83 bits per heavy atom. The summed E-state index contributed by atoms with van der Waals surface area (Å²) in [6, 6.07) is 17.5. The number of hydrogen-bond donors (Lipinski definition) is 2. The van der Waals surface area contributed by atoms with Gasteiger partial charge in [-0.25, -0.2) is 0 Å². The van der Waals surface area contributed by atoms with Gasteiger partial charge >= 0.3 is 0 Å². The fourth-order valence-corrected chi connectivity index (χ4v) is 3.20. The Kier molecular flexibility index (Phi) is 5.49. The molecule has 2 atom stereocenters. The summed E-state index contributed by atoms with van der Waals surface area (Å²) in [5.74, 6) is 1.23. The van der Waals surface area contributed by atoms with Crippen molar-refractivity contribution in [1.82, 2.24) is 5.32 Å². The standard InChI is InChI=1S/C20H24N2O2/c21-13-17-5-4-8-19(17)22-20(23)16-11-9-15(10-12-16)14-24-18-6-2-1-3-7-18/h1-3,6-7,9-12,17,19H,4-5,8,13-14,21H2,(H,22,23). The van der Waals surface area contributed by atoms with E-state index < -0.39 is 0 Å². The first-order valence-corrected chi connectivity index (χ1v) is 8.54. The molecule has 1 aliphatic carbocycles. The highest BCUT2D eigenvalue weighted by Crippen LogP contribution is 2.24. The topological polar surface area (TPSA) is 64.3 Å². The third kappa shape index (κ3) is 4.15. The van der Waals surface area contributed by atoms with Crippen LogP contribution in [0.1, 0.15) is 35.2 Å². The van der Waals surface area contributed by atoms with E-state index in [4.69, 9.17) is 10.5 Å². The lowest BCUT2D eigenvalue weighted by atomic mass is 10.0. The van der Waals surface area contributed by atoms with E-state index in [0.717, 1.165) is 30.6 Å². The van der Waals surface area contributed by atoms with Gasteiger partial charge in [0.1, 0.15) is 12.4 Å². The molecule has 2 aromatic carbocycles. The van der Waals surface area contributed by atoms with E-state index in [2.05, 4.69) is 5.32 Å². The van der Waals surface area contributed by atoms with Gasteiger partial charge in [-0.2, -0.15) is 0 Å². The van der Waals surface area contributed by atoms with Crippen molar-refractivity contribution in [2.75, 3.05) is 6.54 Å². The maximum Gasteiger partial charge on any atom is 0.251 e. The second kappa shape index (κ2) is 7.97. The second-order valence-electron chi connectivity index (χ2n) is 6.31. The molecule has 0 spiro atoms. The molecule has 126 valence electrons. The fraction of sp³-hybridized carbons (Fsp3) is 0.350. The zero-order valence-electron chi connectivity index (χ0n) is 13.8. The lowest BCUT2D eigenvalue weighted by Gasteiger charge is -2.19. The Bertz CT molecular complexity index is 655. The van der Waals surface area contributed by atoms with E-state index in [1.54, 1.807) is 0 Å². The molecule has 1 saturated carbocycles. The molecular weight excluding hydrogens is 300 g/mol. The lowest BCUT2D eigenvalue weighted by Crippen LogP contribution is -2.39. The van der Waals surface area contributed by atoms with Crippen LogP contribution < -0.4 is 15.8 Å². The van der Waals surface area contributed by atoms with Gasteiger partial charge in [0, 0.05) is 11.6 Å². The first-order valence-electron chi connectivity index (χ1n) is 8.54. The molecule has 1 amide bonds. The number of nitrogens with two attached hydrogens (primary N) is 1. The van der Waals surface area contributed by atoms with Crippen LogP contribution in [-0.4, -0.2) is 18.5 Å². The number of carbonyl (C=O) groups excluding carboxylic acids is 1. The summed E-state index contributed by atoms with van der Waals surface area (Å²) in [5, 5.41) is 3.12. The number of ether oxygens (including phenoxy) is 1. The molecule has 0 saturated heterocycles. The van der Waals surface area contributed by atoms with E-state index in [-0.39, 0.29) is 11.9 Å². The molecule has 0 aromatic heterocycles. The molecule has 0 radical (unpaired) electrons. The summed E-state index contributed by atoms with van der Waals surface area (Å²) in [7, 11) is 0. The van der Waals surface area contributed by atoms with Gasteiger partial charge in [0.05, 0.1) is 0 Å². The summed E-state index contributed by atoms with van der Waals surface area (Å²) in [6.45, 7) is 1.13. The lowest BCUT2D eigenvalue weighted by molar-refractivity contribution is 0.0928. The van der Waals surface area contributed by atoms with E-state index in [1.807, 2.05) is 54.6 Å². The highest BCUT2D eigenvalue weighted by molar-refractivity contribution is 5.94. The van der Waals surface area contributed by atoms with Crippen LogP contribution in [-0.2, 0) is 6.61 Å². The summed E-state index contributed by atoms with van der Waals surface area (Å²) in [6.07, 6.45) is 3.27. The molecule has 24 heavy (non-hydrogen) atoms. The molecule has 0 heterocycles. The van der Waals surface area contributed by atoms with Crippen LogP contribution in [0.2, 0.25) is 0 Å². The van der Waals surface area contributed by atoms with Gasteiger partial charge < -0.3 is 15.8 Å². The van der Waals surface area contributed by atoms with Gasteiger partial charge in [0.2, 0.25) is 0 Å². The van der Waals surface area contributed by atoms with Crippen LogP contribution >= 0.6 is 0 Å². The van der Waals surface area contributed by atoms with Gasteiger partial charge in [0.25, 0.3) is 5.91 Å². The Labute approximate surface area is 143 Å². The summed E-state index contributed by atoms with van der Waals surface area (Å²) < 4.78 is 5.71. The van der Waals surface area contributed by atoms with Crippen molar-refractivity contribution in [2.24, 2.45) is 11.7 Å². The minimum absolute atomic E-state index is 0.0177. The molecule has 0 bridgehead atoms. The van der Waals surface area contributed by atoms with Crippen LogP contribution in [0.3, 0.4) is 0 Å². The van der Waals surface area contributed by atoms with E-state index in [1.165, 1.54) is 0 Å². The van der Waals surface area contributed by atoms with Crippen LogP contribution in [0, 0.1) is 5.92 Å². The van der Waals surface area contributed by atoms with Crippen molar-refractivity contribution >= 4 is 5.91 Å². The molecular formula is C20H24N2O2. The first kappa shape index (κ1) is 16.5. The summed E-state index contributed by atoms with van der Waals surface area (Å²) in [4.78, 5) is 12.4. The molecule has 0 aliphatic heterocycles. The number of carbonyl (C=O) groups is 1. The van der Waals surface area contributed by atoms with Crippen LogP contribution in [0.25, 0.3) is 0 Å². The predicted molar refractivity (Wildman–Crippen MR) is 94.9 cm³/mol. The quantitative estimate of drug-likeness (QED) is 0.858. The normalized spacial score (nSPS) is 19.9. The van der Waals surface area contributed by atoms with Gasteiger partial charge in [0.15, 0.2) is 0 Å². The van der Waals surface area contributed by atoms with Crippen molar-refractivity contribution < 1.29 is 9.53 Å². The third-order valence-corrected chi connectivity index (χ3v) is 4.64. The molecule has 2 unspecified atom stereocenters. The fourth-order valence-electron chi connectivity index (χ4n) is 3.20. The van der Waals surface area contributed by atoms with Crippen LogP contribution in [0.4, 0.5) is 0 Å². The zero-order chi connectivity index (χ0) is 16.8. The van der Waals surface area contributed by atoms with E-state index in [9.17, 15) is 4.79 Å². The number of para-hydroxylation sites is 1. The first-order chi connectivity index (χ1) is 11.8. The van der Waals surface area contributed by atoms with Crippen molar-refractivity contribution in [1.29, 1.82) is 0 Å². The molecule has 4 heteroatoms. The number of hydrogen-bond acceptors (Lipinski definition) is 3. The van der Waals surface area contributed by atoms with Crippen molar-refractivity contribution in [3.63, 3.8) is 0 Å². The number of benzene rings is 2. The maximum absolute atomic E-state index is 12.4. The Morgan fingerprint density at radius 3 is 2.54 bits per heavy atom. The Morgan fingerprint density at radius 1 is 1.08 bits per heavy atom. The minimum Gasteiger partial charge on any atom is -0.489 e. The second-order valence-corrected chi connectivity index (χ2v) is 6.31. The van der Waals surface area contributed by atoms with Crippen molar-refractivity contribution in [2.45, 2.75) is 31.9 Å². The highest BCUT2D eigenvalue weighted by atomic mass is 16.5. The Balaban J connectivity index is 1.54. The molecule has 2 aromatic rings. The SMILES string of the molecule is NCC1CCCC1NC(=O)c1ccc(COc2ccccc2)cc1. The molecule has 3 N–H and O–H groups in total. The molecule has 1 aliphatic rings. The van der Waals surface area contributed by atoms with Gasteiger partial charge in [-0.1, -0.05) is 36.8 Å². The molecule has 3 rings (SSSR count). The number of rotatable bonds is 6. The maximum atomic E-state index is 12.4. The zero-order valence-corrected chi connectivity index (χ0v) is 13.8. The minimum atomic E-state index is -0.0177.